The number of carbonyl (C=O) groups is 2. The molecule has 0 bridgehead atoms. The second-order valence-corrected chi connectivity index (χ2v) is 9.55. The number of hydrogen-bond donors (Lipinski definition) is 1. The van der Waals surface area contributed by atoms with Crippen molar-refractivity contribution in [1.82, 2.24) is 14.8 Å². The van der Waals surface area contributed by atoms with Crippen molar-refractivity contribution in [3.05, 3.63) is 96.4 Å². The van der Waals surface area contributed by atoms with Crippen LogP contribution in [-0.4, -0.2) is 67.5 Å². The summed E-state index contributed by atoms with van der Waals surface area (Å²) < 4.78 is 15.9. The van der Waals surface area contributed by atoms with Gasteiger partial charge < -0.3 is 24.1 Å². The zero-order chi connectivity index (χ0) is 28.3. The number of ether oxygens (including phenoxy) is 2. The summed E-state index contributed by atoms with van der Waals surface area (Å²) in [6.45, 7) is 2.75. The minimum absolute atomic E-state index is 0.0719. The van der Waals surface area contributed by atoms with Gasteiger partial charge in [-0.25, -0.2) is 9.78 Å². The maximum Gasteiger partial charge on any atom is 0.337 e. The van der Waals surface area contributed by atoms with Crippen LogP contribution >= 0.6 is 0 Å². The molecular formula is C31H34N4O5. The van der Waals surface area contributed by atoms with Crippen molar-refractivity contribution >= 4 is 17.6 Å². The van der Waals surface area contributed by atoms with Crippen molar-refractivity contribution in [2.45, 2.75) is 13.0 Å². The van der Waals surface area contributed by atoms with E-state index in [-0.39, 0.29) is 11.9 Å². The van der Waals surface area contributed by atoms with Crippen LogP contribution in [0.1, 0.15) is 22.3 Å². The van der Waals surface area contributed by atoms with Crippen LogP contribution < -0.4 is 10.1 Å². The first kappa shape index (κ1) is 28.5. The normalized spacial score (nSPS) is 11.0. The molecular weight excluding hydrogens is 508 g/mol. The monoisotopic (exact) mass is 542 g/mol. The van der Waals surface area contributed by atoms with Crippen LogP contribution in [0.4, 0.5) is 5.69 Å². The van der Waals surface area contributed by atoms with Crippen molar-refractivity contribution in [3.8, 4) is 23.0 Å². The number of aromatic nitrogens is 1. The van der Waals surface area contributed by atoms with E-state index in [2.05, 4.69) is 22.2 Å². The highest BCUT2D eigenvalue weighted by Gasteiger charge is 2.10. The number of anilines is 1. The number of nitrogens with one attached hydrogen (secondary N) is 1. The number of nitrogens with zero attached hydrogens (tertiary/aromatic N) is 3. The third kappa shape index (κ3) is 8.52. The molecule has 1 N–H and O–H groups in total. The van der Waals surface area contributed by atoms with E-state index < -0.39 is 0 Å². The number of esters is 1. The van der Waals surface area contributed by atoms with Crippen molar-refractivity contribution in [3.63, 3.8) is 0 Å². The minimum atomic E-state index is -0.333. The van der Waals surface area contributed by atoms with Crippen LogP contribution in [0.15, 0.2) is 89.7 Å². The van der Waals surface area contributed by atoms with Crippen LogP contribution in [0.3, 0.4) is 0 Å². The molecule has 0 aliphatic carbocycles. The number of likely N-dealkylation sites (N-methyl/N-ethyl adjacent to an activating group) is 1. The van der Waals surface area contributed by atoms with Crippen molar-refractivity contribution in [2.24, 2.45) is 0 Å². The van der Waals surface area contributed by atoms with Crippen LogP contribution in [0, 0.1) is 0 Å². The highest BCUT2D eigenvalue weighted by Crippen LogP contribution is 2.26. The Labute approximate surface area is 234 Å². The zero-order valence-electron chi connectivity index (χ0n) is 23.0. The smallest absolute Gasteiger partial charge is 0.337 e. The Morgan fingerprint density at radius 2 is 1.52 bits per heavy atom. The Hall–Kier alpha value is -4.47. The Balaban J connectivity index is 1.14. The van der Waals surface area contributed by atoms with Crippen LogP contribution in [-0.2, 0) is 16.1 Å². The van der Waals surface area contributed by atoms with Crippen LogP contribution in [0.25, 0.3) is 11.5 Å². The molecule has 0 aliphatic heterocycles. The molecule has 40 heavy (non-hydrogen) atoms. The average Bonchev–Trinajstić information content (AvgIpc) is 3.50. The number of amides is 1. The van der Waals surface area contributed by atoms with E-state index in [0.717, 1.165) is 37.2 Å². The first-order valence-corrected chi connectivity index (χ1v) is 13.0. The maximum absolute atomic E-state index is 12.5. The van der Waals surface area contributed by atoms with Crippen molar-refractivity contribution < 1.29 is 23.5 Å². The summed E-state index contributed by atoms with van der Waals surface area (Å²) in [5, 5.41) is 2.94. The quantitative estimate of drug-likeness (QED) is 0.227. The molecule has 1 aromatic heterocycles. The van der Waals surface area contributed by atoms with Gasteiger partial charge in [0, 0.05) is 17.8 Å². The molecule has 4 rings (SSSR count). The summed E-state index contributed by atoms with van der Waals surface area (Å²) in [5.41, 5.74) is 3.25. The first-order chi connectivity index (χ1) is 19.4. The number of rotatable bonds is 13. The lowest BCUT2D eigenvalue weighted by atomic mass is 10.1. The largest absolute Gasteiger partial charge is 0.465 e. The second-order valence-electron chi connectivity index (χ2n) is 9.55. The third-order valence-electron chi connectivity index (χ3n) is 6.23. The lowest BCUT2D eigenvalue weighted by Crippen LogP contribution is -2.32. The van der Waals surface area contributed by atoms with Gasteiger partial charge in [-0.3, -0.25) is 9.69 Å². The lowest BCUT2D eigenvalue weighted by Gasteiger charge is -2.20. The Morgan fingerprint density at radius 3 is 2.15 bits per heavy atom. The molecule has 1 heterocycles. The summed E-state index contributed by atoms with van der Waals surface area (Å²) >= 11 is 0. The van der Waals surface area contributed by atoms with Gasteiger partial charge in [-0.15, -0.1) is 0 Å². The molecule has 0 atom stereocenters. The van der Waals surface area contributed by atoms with E-state index >= 15 is 0 Å². The van der Waals surface area contributed by atoms with Crippen LogP contribution in [0.2, 0.25) is 0 Å². The molecule has 0 saturated heterocycles. The molecule has 0 unspecified atom stereocenters. The Kier molecular flexibility index (Phi) is 10.0. The van der Waals surface area contributed by atoms with E-state index in [0.29, 0.717) is 35.2 Å². The van der Waals surface area contributed by atoms with Gasteiger partial charge in [0.1, 0.15) is 17.8 Å². The van der Waals surface area contributed by atoms with E-state index in [1.54, 1.807) is 18.3 Å². The standard InChI is InChI=1S/C31H34N4O5/c1-34(21-23-5-7-25(8-6-23)31(37)38-3)18-4-19-35(2)22-29(36)33-26-11-15-28(16-12-26)40-27-13-9-24(10-14-27)30-32-17-20-39-30/h5-17,20H,4,18-19,21-22H2,1-3H3,(H,33,36). The molecule has 0 saturated carbocycles. The number of carbonyl (C=O) groups excluding carboxylic acids is 2. The molecule has 9 nitrogen and oxygen atoms in total. The highest BCUT2D eigenvalue weighted by atomic mass is 16.5. The summed E-state index contributed by atoms with van der Waals surface area (Å²) in [7, 11) is 5.37. The van der Waals surface area contributed by atoms with Gasteiger partial charge in [0.2, 0.25) is 11.8 Å². The molecule has 3 aromatic carbocycles. The van der Waals surface area contributed by atoms with Gasteiger partial charge in [-0.1, -0.05) is 12.1 Å². The number of hydrogen-bond acceptors (Lipinski definition) is 8. The zero-order valence-corrected chi connectivity index (χ0v) is 23.0. The van der Waals surface area contributed by atoms with Crippen molar-refractivity contribution in [2.75, 3.05) is 46.2 Å². The molecule has 0 fully saturated rings. The summed E-state index contributed by atoms with van der Waals surface area (Å²) in [6, 6.07) is 22.2. The molecule has 0 radical (unpaired) electrons. The maximum atomic E-state index is 12.5. The summed E-state index contributed by atoms with van der Waals surface area (Å²) in [4.78, 5) is 32.5. The van der Waals surface area contributed by atoms with E-state index in [4.69, 9.17) is 13.9 Å². The van der Waals surface area contributed by atoms with Crippen molar-refractivity contribution in [1.29, 1.82) is 0 Å². The lowest BCUT2D eigenvalue weighted by molar-refractivity contribution is -0.117. The van der Waals surface area contributed by atoms with Gasteiger partial charge in [-0.2, -0.15) is 0 Å². The van der Waals surface area contributed by atoms with Gasteiger partial charge in [-0.05, 0) is 99.8 Å². The average molecular weight is 543 g/mol. The molecule has 0 spiro atoms. The molecule has 208 valence electrons. The van der Waals surface area contributed by atoms with E-state index in [1.807, 2.05) is 72.6 Å². The second kappa shape index (κ2) is 14.1. The minimum Gasteiger partial charge on any atom is -0.465 e. The first-order valence-electron chi connectivity index (χ1n) is 13.0. The fraction of sp³-hybridized carbons (Fsp3) is 0.258. The highest BCUT2D eigenvalue weighted by molar-refractivity contribution is 5.92. The molecule has 1 amide bonds. The third-order valence-corrected chi connectivity index (χ3v) is 6.23. The molecule has 4 aromatic rings. The van der Waals surface area contributed by atoms with Gasteiger partial charge in [0.05, 0.1) is 25.4 Å². The van der Waals surface area contributed by atoms with Gasteiger partial charge in [0.25, 0.3) is 0 Å². The fourth-order valence-corrected chi connectivity index (χ4v) is 4.16. The van der Waals surface area contributed by atoms with E-state index in [1.165, 1.54) is 13.4 Å². The Morgan fingerprint density at radius 1 is 0.875 bits per heavy atom. The Bertz CT molecular complexity index is 1350. The van der Waals surface area contributed by atoms with Gasteiger partial charge in [0.15, 0.2) is 0 Å². The summed E-state index contributed by atoms with van der Waals surface area (Å²) in [6.07, 6.45) is 4.07. The number of benzene rings is 3. The fourth-order valence-electron chi connectivity index (χ4n) is 4.16. The topological polar surface area (TPSA) is 97.1 Å². The predicted octanol–water partition coefficient (Wildman–Crippen LogP) is 5.31. The molecule has 9 heteroatoms. The van der Waals surface area contributed by atoms with Crippen LogP contribution in [0.5, 0.6) is 11.5 Å². The summed E-state index contributed by atoms with van der Waals surface area (Å²) in [5.74, 6) is 1.52. The predicted molar refractivity (Wildman–Crippen MR) is 153 cm³/mol. The number of oxazole rings is 1. The molecule has 0 aliphatic rings. The van der Waals surface area contributed by atoms with Gasteiger partial charge >= 0.3 is 5.97 Å². The SMILES string of the molecule is COC(=O)c1ccc(CN(C)CCCN(C)CC(=O)Nc2ccc(Oc3ccc(-c4ncco4)cc3)cc2)cc1. The van der Waals surface area contributed by atoms with E-state index in [9.17, 15) is 9.59 Å². The number of methoxy groups -OCH3 is 1.